The van der Waals surface area contributed by atoms with Crippen LogP contribution in [0.25, 0.3) is 11.3 Å². The number of oxazole rings is 1. The van der Waals surface area contributed by atoms with E-state index in [1.54, 1.807) is 0 Å². The molecule has 1 aliphatic heterocycles. The van der Waals surface area contributed by atoms with Crippen molar-refractivity contribution in [3.05, 3.63) is 42.4 Å². The molecule has 0 radical (unpaired) electrons. The molecule has 0 N–H and O–H groups in total. The molecule has 4 nitrogen and oxygen atoms in total. The van der Waals surface area contributed by atoms with Crippen molar-refractivity contribution in [1.82, 2.24) is 9.88 Å². The highest BCUT2D eigenvalue weighted by Gasteiger charge is 2.22. The molecule has 0 unspecified atom stereocenters. The number of ether oxygens (including phenoxy) is 1. The van der Waals surface area contributed by atoms with Gasteiger partial charge in [0, 0.05) is 31.6 Å². The quantitative estimate of drug-likeness (QED) is 0.866. The minimum atomic E-state index is 0.304. The molecule has 21 heavy (non-hydrogen) atoms. The number of hydrogen-bond acceptors (Lipinski definition) is 4. The smallest absolute Gasteiger partial charge is 0.196 e. The Kier molecular flexibility index (Phi) is 4.36. The number of nitrogens with zero attached hydrogens (tertiary/aromatic N) is 2. The molecule has 0 spiro atoms. The molecule has 0 bridgehead atoms. The summed E-state index contributed by atoms with van der Waals surface area (Å²) in [5.74, 6) is 1.65. The summed E-state index contributed by atoms with van der Waals surface area (Å²) in [4.78, 5) is 6.81. The van der Waals surface area contributed by atoms with Crippen LogP contribution in [0.2, 0.25) is 0 Å². The lowest BCUT2D eigenvalue weighted by Gasteiger charge is -2.35. The fourth-order valence-electron chi connectivity index (χ4n) is 2.88. The molecule has 2 heterocycles. The average molecular weight is 286 g/mol. The van der Waals surface area contributed by atoms with Crippen LogP contribution < -0.4 is 0 Å². The highest BCUT2D eigenvalue weighted by Crippen LogP contribution is 2.20. The second-order valence-corrected chi connectivity index (χ2v) is 5.75. The van der Waals surface area contributed by atoms with Crippen molar-refractivity contribution in [3.8, 4) is 11.3 Å². The third kappa shape index (κ3) is 3.71. The van der Waals surface area contributed by atoms with Gasteiger partial charge in [-0.15, -0.1) is 0 Å². The molecule has 0 aliphatic carbocycles. The topological polar surface area (TPSA) is 38.5 Å². The third-order valence-electron chi connectivity index (χ3n) is 3.75. The Labute approximate surface area is 125 Å². The van der Waals surface area contributed by atoms with E-state index < -0.39 is 0 Å². The van der Waals surface area contributed by atoms with Crippen LogP contribution in [-0.4, -0.2) is 41.7 Å². The first-order valence-electron chi connectivity index (χ1n) is 7.58. The summed E-state index contributed by atoms with van der Waals surface area (Å²) in [5, 5.41) is 0. The van der Waals surface area contributed by atoms with Gasteiger partial charge in [-0.05, 0) is 13.8 Å². The number of benzene rings is 1. The van der Waals surface area contributed by atoms with Gasteiger partial charge in [-0.1, -0.05) is 30.3 Å². The fraction of sp³-hybridized carbons (Fsp3) is 0.471. The molecule has 1 aromatic heterocycles. The lowest BCUT2D eigenvalue weighted by Crippen LogP contribution is -2.46. The molecule has 2 aromatic rings. The normalized spacial score (nSPS) is 23.3. The standard InChI is InChI=1S/C17H22N2O2/c1-13-11-19(12-14(2)20-13)9-8-17-18-10-16(21-17)15-6-4-3-5-7-15/h3-7,10,13-14H,8-9,11-12H2,1-2H3/t13-,14+. The van der Waals surface area contributed by atoms with E-state index >= 15 is 0 Å². The molecule has 1 saturated heterocycles. The SMILES string of the molecule is C[C@@H]1CN(CCc2ncc(-c3ccccc3)o2)C[C@H](C)O1. The predicted molar refractivity (Wildman–Crippen MR) is 82.1 cm³/mol. The molecular formula is C17H22N2O2. The van der Waals surface area contributed by atoms with Gasteiger partial charge in [0.1, 0.15) is 0 Å². The van der Waals surface area contributed by atoms with Crippen LogP contribution in [-0.2, 0) is 11.2 Å². The van der Waals surface area contributed by atoms with E-state index in [-0.39, 0.29) is 0 Å². The third-order valence-corrected chi connectivity index (χ3v) is 3.75. The van der Waals surface area contributed by atoms with Gasteiger partial charge in [-0.2, -0.15) is 0 Å². The lowest BCUT2D eigenvalue weighted by atomic mass is 10.2. The molecule has 1 aliphatic rings. The van der Waals surface area contributed by atoms with Crippen LogP contribution >= 0.6 is 0 Å². The Morgan fingerprint density at radius 3 is 2.57 bits per heavy atom. The van der Waals surface area contributed by atoms with Gasteiger partial charge in [0.05, 0.1) is 18.4 Å². The van der Waals surface area contributed by atoms with Crippen molar-refractivity contribution in [2.45, 2.75) is 32.5 Å². The molecule has 112 valence electrons. The summed E-state index contributed by atoms with van der Waals surface area (Å²) < 4.78 is 11.6. The monoisotopic (exact) mass is 286 g/mol. The van der Waals surface area contributed by atoms with Crippen LogP contribution in [0.5, 0.6) is 0 Å². The summed E-state index contributed by atoms with van der Waals surface area (Å²) in [5.41, 5.74) is 1.07. The van der Waals surface area contributed by atoms with E-state index in [2.05, 4.69) is 23.7 Å². The second kappa shape index (κ2) is 6.41. The van der Waals surface area contributed by atoms with Gasteiger partial charge >= 0.3 is 0 Å². The highest BCUT2D eigenvalue weighted by molar-refractivity contribution is 5.55. The van der Waals surface area contributed by atoms with Crippen LogP contribution in [0.3, 0.4) is 0 Å². The van der Waals surface area contributed by atoms with Crippen molar-refractivity contribution < 1.29 is 9.15 Å². The van der Waals surface area contributed by atoms with Gasteiger partial charge in [0.2, 0.25) is 0 Å². The highest BCUT2D eigenvalue weighted by atomic mass is 16.5. The molecular weight excluding hydrogens is 264 g/mol. The van der Waals surface area contributed by atoms with E-state index in [0.29, 0.717) is 12.2 Å². The van der Waals surface area contributed by atoms with Gasteiger partial charge in [-0.25, -0.2) is 4.98 Å². The number of aromatic nitrogens is 1. The second-order valence-electron chi connectivity index (χ2n) is 5.75. The van der Waals surface area contributed by atoms with Crippen molar-refractivity contribution in [3.63, 3.8) is 0 Å². The first kappa shape index (κ1) is 14.3. The summed E-state index contributed by atoms with van der Waals surface area (Å²) in [6.07, 6.45) is 3.26. The first-order valence-corrected chi connectivity index (χ1v) is 7.58. The number of morpholine rings is 1. The number of rotatable bonds is 4. The maximum Gasteiger partial charge on any atom is 0.196 e. The number of hydrogen-bond donors (Lipinski definition) is 0. The minimum Gasteiger partial charge on any atom is -0.441 e. The molecule has 3 rings (SSSR count). The molecule has 2 atom stereocenters. The zero-order valence-electron chi connectivity index (χ0n) is 12.7. The van der Waals surface area contributed by atoms with Crippen molar-refractivity contribution >= 4 is 0 Å². The van der Waals surface area contributed by atoms with Gasteiger partial charge in [0.25, 0.3) is 0 Å². The zero-order chi connectivity index (χ0) is 14.7. The van der Waals surface area contributed by atoms with Crippen LogP contribution in [0.1, 0.15) is 19.7 Å². The Hall–Kier alpha value is -1.65. The lowest BCUT2D eigenvalue weighted by molar-refractivity contribution is -0.0678. The van der Waals surface area contributed by atoms with Crippen molar-refractivity contribution in [2.75, 3.05) is 19.6 Å². The Bertz CT molecular complexity index is 557. The largest absolute Gasteiger partial charge is 0.441 e. The molecule has 0 amide bonds. The molecule has 4 heteroatoms. The van der Waals surface area contributed by atoms with Crippen molar-refractivity contribution in [2.24, 2.45) is 0 Å². The summed E-state index contributed by atoms with van der Waals surface area (Å²) in [6, 6.07) is 10.1. The first-order chi connectivity index (χ1) is 10.2. The Morgan fingerprint density at radius 2 is 1.86 bits per heavy atom. The zero-order valence-corrected chi connectivity index (χ0v) is 12.7. The van der Waals surface area contributed by atoms with E-state index in [1.165, 1.54) is 0 Å². The van der Waals surface area contributed by atoms with Crippen LogP contribution in [0.4, 0.5) is 0 Å². The summed E-state index contributed by atoms with van der Waals surface area (Å²) in [7, 11) is 0. The summed E-state index contributed by atoms with van der Waals surface area (Å²) >= 11 is 0. The van der Waals surface area contributed by atoms with E-state index in [9.17, 15) is 0 Å². The van der Waals surface area contributed by atoms with E-state index in [0.717, 1.165) is 43.3 Å². The maximum atomic E-state index is 5.85. The van der Waals surface area contributed by atoms with E-state index in [4.69, 9.17) is 9.15 Å². The molecule has 1 aromatic carbocycles. The van der Waals surface area contributed by atoms with Crippen molar-refractivity contribution in [1.29, 1.82) is 0 Å². The Balaban J connectivity index is 1.58. The predicted octanol–water partition coefficient (Wildman–Crippen LogP) is 2.99. The fourth-order valence-corrected chi connectivity index (χ4v) is 2.88. The Morgan fingerprint density at radius 1 is 1.14 bits per heavy atom. The van der Waals surface area contributed by atoms with Gasteiger partial charge in [-0.3, -0.25) is 4.90 Å². The summed E-state index contributed by atoms with van der Waals surface area (Å²) in [6.45, 7) is 7.18. The maximum absolute atomic E-state index is 5.85. The molecule has 0 saturated carbocycles. The van der Waals surface area contributed by atoms with Gasteiger partial charge in [0.15, 0.2) is 11.7 Å². The average Bonchev–Trinajstić information content (AvgIpc) is 2.94. The van der Waals surface area contributed by atoms with Crippen LogP contribution in [0, 0.1) is 0 Å². The minimum absolute atomic E-state index is 0.304. The van der Waals surface area contributed by atoms with E-state index in [1.807, 2.05) is 36.5 Å². The van der Waals surface area contributed by atoms with Crippen LogP contribution in [0.15, 0.2) is 40.9 Å². The molecule has 1 fully saturated rings. The van der Waals surface area contributed by atoms with Gasteiger partial charge < -0.3 is 9.15 Å².